The van der Waals surface area contributed by atoms with Crippen molar-refractivity contribution in [1.29, 1.82) is 0 Å². The van der Waals surface area contributed by atoms with Gasteiger partial charge in [-0.05, 0) is 19.4 Å². The molecular weight excluding hydrogens is 282 g/mol. The molecule has 0 saturated heterocycles. The van der Waals surface area contributed by atoms with Gasteiger partial charge in [0.05, 0.1) is 0 Å². The van der Waals surface area contributed by atoms with E-state index in [4.69, 9.17) is 10.2 Å². The Bertz CT molecular complexity index is 894. The van der Waals surface area contributed by atoms with E-state index in [1.807, 2.05) is 24.3 Å². The van der Waals surface area contributed by atoms with Crippen LogP contribution in [0.15, 0.2) is 40.0 Å². The Hall–Kier alpha value is -2.89. The number of allylic oxidation sites excluding steroid dienone is 1. The minimum absolute atomic E-state index is 0.0147. The van der Waals surface area contributed by atoms with E-state index in [2.05, 4.69) is 10.3 Å². The Kier molecular flexibility index (Phi) is 2.24. The topological polar surface area (TPSA) is 98.2 Å². The number of benzene rings is 1. The normalized spacial score (nSPS) is 22.0. The van der Waals surface area contributed by atoms with Gasteiger partial charge in [-0.3, -0.25) is 9.59 Å². The van der Waals surface area contributed by atoms with Gasteiger partial charge in [-0.25, -0.2) is 0 Å². The van der Waals surface area contributed by atoms with E-state index in [9.17, 15) is 9.59 Å². The summed E-state index contributed by atoms with van der Waals surface area (Å²) in [5.41, 5.74) is 7.21. The van der Waals surface area contributed by atoms with Gasteiger partial charge < -0.3 is 15.5 Å². The Morgan fingerprint density at radius 2 is 2.09 bits per heavy atom. The van der Waals surface area contributed by atoms with Gasteiger partial charge in [0.15, 0.2) is 17.0 Å². The summed E-state index contributed by atoms with van der Waals surface area (Å²) < 4.78 is 5.50. The number of rotatable bonds is 1. The molecule has 2 aliphatic rings. The Morgan fingerprint density at radius 3 is 2.82 bits per heavy atom. The van der Waals surface area contributed by atoms with Gasteiger partial charge in [-0.1, -0.05) is 24.3 Å². The Labute approximate surface area is 126 Å². The van der Waals surface area contributed by atoms with Crippen LogP contribution in [0.1, 0.15) is 25.1 Å². The van der Waals surface area contributed by atoms with E-state index in [1.54, 1.807) is 6.92 Å². The largest absolute Gasteiger partial charge is 0.423 e. The lowest BCUT2D eigenvalue weighted by atomic mass is 9.73. The average molecular weight is 295 g/mol. The van der Waals surface area contributed by atoms with E-state index in [0.717, 1.165) is 5.56 Å². The summed E-state index contributed by atoms with van der Waals surface area (Å²) in [5.74, 6) is -0.0218. The van der Waals surface area contributed by atoms with Gasteiger partial charge in [-0.2, -0.15) is 4.98 Å². The summed E-state index contributed by atoms with van der Waals surface area (Å²) >= 11 is 0. The molecule has 2 heterocycles. The van der Waals surface area contributed by atoms with E-state index < -0.39 is 5.41 Å². The second-order valence-electron chi connectivity index (χ2n) is 5.54. The average Bonchev–Trinajstić information content (AvgIpc) is 3.04. The molecule has 1 spiro atoms. The molecule has 4 rings (SSSR count). The third kappa shape index (κ3) is 1.23. The summed E-state index contributed by atoms with van der Waals surface area (Å²) in [5, 5.41) is 2.77. The first-order chi connectivity index (χ1) is 10.5. The summed E-state index contributed by atoms with van der Waals surface area (Å²) in [6.45, 7) is 3.17. The first kappa shape index (κ1) is 12.8. The van der Waals surface area contributed by atoms with Crippen LogP contribution in [0.3, 0.4) is 0 Å². The molecule has 2 aromatic rings. The number of fused-ring (bicyclic) bond motifs is 5. The molecule has 1 amide bonds. The van der Waals surface area contributed by atoms with Crippen LogP contribution in [0, 0.1) is 0 Å². The maximum Gasteiger partial charge on any atom is 0.292 e. The fraction of sp³-hybridized carbons (Fsp3) is 0.188. The van der Waals surface area contributed by atoms with E-state index in [0.29, 0.717) is 28.3 Å². The van der Waals surface area contributed by atoms with Crippen LogP contribution in [0.5, 0.6) is 0 Å². The summed E-state index contributed by atoms with van der Waals surface area (Å²) in [6, 6.07) is 7.32. The molecular formula is C16H13N3O3. The number of aromatic nitrogens is 1. The van der Waals surface area contributed by atoms with Crippen LogP contribution in [0.25, 0.3) is 11.3 Å². The van der Waals surface area contributed by atoms with Crippen molar-refractivity contribution in [3.8, 4) is 11.3 Å². The maximum absolute atomic E-state index is 12.8. The number of carbonyl (C=O) groups excluding carboxylic acids is 2. The van der Waals surface area contributed by atoms with E-state index in [1.165, 1.54) is 6.92 Å². The Morgan fingerprint density at radius 1 is 1.36 bits per heavy atom. The molecule has 1 aromatic carbocycles. The molecule has 0 saturated carbocycles. The molecule has 0 unspecified atom stereocenters. The van der Waals surface area contributed by atoms with Crippen LogP contribution in [0.2, 0.25) is 0 Å². The number of nitrogens with one attached hydrogen (secondary N) is 1. The monoisotopic (exact) mass is 295 g/mol. The minimum atomic E-state index is -1.26. The fourth-order valence-corrected chi connectivity index (χ4v) is 3.64. The van der Waals surface area contributed by atoms with Crippen LogP contribution in [0.4, 0.5) is 6.01 Å². The number of nitrogens with two attached hydrogens (primary N) is 1. The smallest absolute Gasteiger partial charge is 0.292 e. The van der Waals surface area contributed by atoms with Gasteiger partial charge in [0.1, 0.15) is 5.69 Å². The first-order valence-corrected chi connectivity index (χ1v) is 6.88. The number of Topliss-reactive ketones (excluding diaryl/α,β-unsaturated/α-hetero) is 1. The van der Waals surface area contributed by atoms with Gasteiger partial charge >= 0.3 is 0 Å². The molecule has 22 heavy (non-hydrogen) atoms. The zero-order chi connectivity index (χ0) is 15.6. The molecule has 1 atom stereocenters. The van der Waals surface area contributed by atoms with Crippen molar-refractivity contribution in [3.63, 3.8) is 0 Å². The highest BCUT2D eigenvalue weighted by Gasteiger charge is 2.60. The molecule has 6 nitrogen and oxygen atoms in total. The van der Waals surface area contributed by atoms with Crippen LogP contribution in [-0.2, 0) is 15.0 Å². The highest BCUT2D eigenvalue weighted by molar-refractivity contribution is 6.15. The third-order valence-electron chi connectivity index (χ3n) is 4.32. The van der Waals surface area contributed by atoms with Gasteiger partial charge in [0.25, 0.3) is 6.01 Å². The van der Waals surface area contributed by atoms with Crippen molar-refractivity contribution in [2.45, 2.75) is 19.3 Å². The zero-order valence-electron chi connectivity index (χ0n) is 12.1. The number of amides is 1. The third-order valence-corrected chi connectivity index (χ3v) is 4.32. The summed E-state index contributed by atoms with van der Waals surface area (Å²) in [7, 11) is 0. The number of ketones is 1. The second kappa shape index (κ2) is 3.85. The van der Waals surface area contributed by atoms with E-state index >= 15 is 0 Å². The van der Waals surface area contributed by atoms with Crippen molar-refractivity contribution in [1.82, 2.24) is 10.3 Å². The fourth-order valence-electron chi connectivity index (χ4n) is 3.64. The van der Waals surface area contributed by atoms with Crippen molar-refractivity contribution < 1.29 is 14.0 Å². The zero-order valence-corrected chi connectivity index (χ0v) is 12.1. The second-order valence-corrected chi connectivity index (χ2v) is 5.54. The molecule has 1 aliphatic carbocycles. The highest BCUT2D eigenvalue weighted by Crippen LogP contribution is 2.55. The van der Waals surface area contributed by atoms with Crippen LogP contribution in [-0.4, -0.2) is 16.7 Å². The van der Waals surface area contributed by atoms with Crippen LogP contribution >= 0.6 is 0 Å². The quantitative estimate of drug-likeness (QED) is 0.831. The van der Waals surface area contributed by atoms with Gasteiger partial charge in [0, 0.05) is 16.8 Å². The number of carbonyl (C=O) groups is 2. The molecule has 0 bridgehead atoms. The first-order valence-electron chi connectivity index (χ1n) is 6.88. The lowest BCUT2D eigenvalue weighted by Gasteiger charge is -2.24. The highest BCUT2D eigenvalue weighted by atomic mass is 16.4. The van der Waals surface area contributed by atoms with Crippen molar-refractivity contribution in [2.24, 2.45) is 0 Å². The number of hydrogen-bond acceptors (Lipinski definition) is 5. The summed E-state index contributed by atoms with van der Waals surface area (Å²) in [4.78, 5) is 29.3. The summed E-state index contributed by atoms with van der Waals surface area (Å²) in [6.07, 6.45) is 0. The van der Waals surface area contributed by atoms with Crippen LogP contribution < -0.4 is 11.1 Å². The number of nitrogens with zero attached hydrogens (tertiary/aromatic N) is 1. The predicted octanol–water partition coefficient (Wildman–Crippen LogP) is 1.52. The van der Waals surface area contributed by atoms with Gasteiger partial charge in [0.2, 0.25) is 5.91 Å². The molecule has 0 radical (unpaired) electrons. The number of anilines is 1. The minimum Gasteiger partial charge on any atom is -0.423 e. The number of nitrogen functional groups attached to an aromatic ring is 1. The molecule has 1 aliphatic heterocycles. The number of oxazole rings is 1. The van der Waals surface area contributed by atoms with Crippen molar-refractivity contribution in [3.05, 3.63) is 46.8 Å². The molecule has 0 fully saturated rings. The lowest BCUT2D eigenvalue weighted by Crippen LogP contribution is -2.40. The van der Waals surface area contributed by atoms with E-state index in [-0.39, 0.29) is 17.7 Å². The van der Waals surface area contributed by atoms with Crippen molar-refractivity contribution in [2.75, 3.05) is 5.73 Å². The Balaban J connectivity index is 2.18. The maximum atomic E-state index is 12.8. The predicted molar refractivity (Wildman–Crippen MR) is 78.7 cm³/mol. The molecule has 3 N–H and O–H groups in total. The number of hydrogen-bond donors (Lipinski definition) is 2. The standard InChI is InChI=1S/C16H13N3O3/c1-7-11(8(2)20)16(14(21)18-7)10-6-4-3-5-9(10)12-13(16)19-15(17)22-12/h3-6H,1-2H3,(H2,17,19)(H,18,21)/t16-/m1/s1. The van der Waals surface area contributed by atoms with Crippen molar-refractivity contribution >= 4 is 17.7 Å². The molecule has 6 heteroatoms. The molecule has 1 aromatic heterocycles. The van der Waals surface area contributed by atoms with Gasteiger partial charge in [-0.15, -0.1) is 0 Å². The molecule has 110 valence electrons. The lowest BCUT2D eigenvalue weighted by molar-refractivity contribution is -0.124. The SMILES string of the molecule is CC(=O)C1=C(C)NC(=O)[C@]12c1ccccc1-c1oc(N)nc12.